The highest BCUT2D eigenvalue weighted by atomic mass is 79.9. The summed E-state index contributed by atoms with van der Waals surface area (Å²) < 4.78 is 7.60. The molecule has 1 aromatic heterocycles. The van der Waals surface area contributed by atoms with E-state index in [1.54, 1.807) is 4.68 Å². The molecule has 100 valence electrons. The minimum Gasteiger partial charge on any atom is -0.468 e. The molecular formula is C12H18BrN3O2. The minimum absolute atomic E-state index is 0.202. The molecule has 1 fully saturated rings. The minimum atomic E-state index is -0.961. The molecule has 0 bridgehead atoms. The highest BCUT2D eigenvalue weighted by molar-refractivity contribution is 9.10. The summed E-state index contributed by atoms with van der Waals surface area (Å²) in [5.74, 6) is -0.152. The molecule has 0 radical (unpaired) electrons. The average molecular weight is 316 g/mol. The van der Waals surface area contributed by atoms with Gasteiger partial charge in [-0.3, -0.25) is 4.68 Å². The maximum absolute atomic E-state index is 11.9. The number of carbonyl (C=O) groups excluding carboxylic acids is 1. The van der Waals surface area contributed by atoms with Crippen LogP contribution in [0.15, 0.2) is 4.47 Å². The van der Waals surface area contributed by atoms with Crippen LogP contribution in [0.25, 0.3) is 0 Å². The normalized spacial score (nSPS) is 18.5. The molecule has 0 amide bonds. The first-order valence-electron chi connectivity index (χ1n) is 5.97. The number of aryl methyl sites for hydroxylation is 1. The first-order valence-corrected chi connectivity index (χ1v) is 6.76. The third kappa shape index (κ3) is 2.19. The molecule has 1 aliphatic rings. The molecule has 1 unspecified atom stereocenters. The summed E-state index contributed by atoms with van der Waals surface area (Å²) in [6.07, 6.45) is 1.96. The van der Waals surface area contributed by atoms with E-state index in [0.717, 1.165) is 28.7 Å². The van der Waals surface area contributed by atoms with E-state index in [2.05, 4.69) is 21.0 Å². The number of nitrogens with two attached hydrogens (primary N) is 1. The molecule has 0 saturated heterocycles. The van der Waals surface area contributed by atoms with Gasteiger partial charge in [0, 0.05) is 5.69 Å². The molecular weight excluding hydrogens is 298 g/mol. The summed E-state index contributed by atoms with van der Waals surface area (Å²) >= 11 is 3.47. The fourth-order valence-corrected chi connectivity index (χ4v) is 2.51. The van der Waals surface area contributed by atoms with Crippen molar-refractivity contribution in [3.05, 3.63) is 15.9 Å². The lowest BCUT2D eigenvalue weighted by atomic mass is 9.94. The van der Waals surface area contributed by atoms with Crippen molar-refractivity contribution in [2.75, 3.05) is 7.11 Å². The van der Waals surface area contributed by atoms with Gasteiger partial charge in [0.25, 0.3) is 0 Å². The van der Waals surface area contributed by atoms with Crippen molar-refractivity contribution in [1.29, 1.82) is 0 Å². The summed E-state index contributed by atoms with van der Waals surface area (Å²) in [6, 6.07) is 0. The number of halogens is 1. The Hall–Kier alpha value is -0.880. The molecule has 1 saturated carbocycles. The van der Waals surface area contributed by atoms with E-state index in [4.69, 9.17) is 10.5 Å². The van der Waals surface area contributed by atoms with Crippen molar-refractivity contribution in [3.8, 4) is 0 Å². The number of ether oxygens (including phenoxy) is 1. The largest absolute Gasteiger partial charge is 0.468 e. The van der Waals surface area contributed by atoms with Crippen molar-refractivity contribution in [3.63, 3.8) is 0 Å². The lowest BCUT2D eigenvalue weighted by molar-refractivity contribution is -0.148. The Balaban J connectivity index is 2.29. The number of methoxy groups -OCH3 is 1. The molecule has 0 aliphatic heterocycles. The number of nitrogens with zero attached hydrogens (tertiary/aromatic N) is 2. The molecule has 2 N–H and O–H groups in total. The van der Waals surface area contributed by atoms with Crippen LogP contribution in [-0.4, -0.2) is 28.4 Å². The zero-order valence-electron chi connectivity index (χ0n) is 10.9. The third-order valence-corrected chi connectivity index (χ3v) is 4.72. The summed E-state index contributed by atoms with van der Waals surface area (Å²) in [4.78, 5) is 11.9. The van der Waals surface area contributed by atoms with Crippen LogP contribution in [0, 0.1) is 19.8 Å². The van der Waals surface area contributed by atoms with Crippen molar-refractivity contribution < 1.29 is 9.53 Å². The van der Waals surface area contributed by atoms with Gasteiger partial charge in [-0.1, -0.05) is 0 Å². The van der Waals surface area contributed by atoms with Crippen molar-refractivity contribution in [2.24, 2.45) is 11.7 Å². The van der Waals surface area contributed by atoms with Gasteiger partial charge in [0.15, 0.2) is 0 Å². The average Bonchev–Trinajstić information content (AvgIpc) is 3.15. The predicted molar refractivity (Wildman–Crippen MR) is 71.1 cm³/mol. The highest BCUT2D eigenvalue weighted by Crippen LogP contribution is 2.40. The highest BCUT2D eigenvalue weighted by Gasteiger charge is 2.49. The number of rotatable bonds is 4. The molecule has 0 spiro atoms. The van der Waals surface area contributed by atoms with Crippen molar-refractivity contribution in [1.82, 2.24) is 9.78 Å². The van der Waals surface area contributed by atoms with E-state index >= 15 is 0 Å². The molecule has 6 heteroatoms. The van der Waals surface area contributed by atoms with E-state index in [0.29, 0.717) is 6.54 Å². The van der Waals surface area contributed by atoms with Crippen LogP contribution in [-0.2, 0) is 16.1 Å². The van der Waals surface area contributed by atoms with Gasteiger partial charge < -0.3 is 10.5 Å². The van der Waals surface area contributed by atoms with Crippen molar-refractivity contribution in [2.45, 2.75) is 38.8 Å². The van der Waals surface area contributed by atoms with Crippen LogP contribution in [0.3, 0.4) is 0 Å². The fourth-order valence-electron chi connectivity index (χ4n) is 2.23. The number of carbonyl (C=O) groups is 1. The molecule has 0 aromatic carbocycles. The van der Waals surface area contributed by atoms with Crippen LogP contribution in [0.2, 0.25) is 0 Å². The van der Waals surface area contributed by atoms with Gasteiger partial charge in [-0.25, -0.2) is 4.79 Å². The second kappa shape index (κ2) is 4.66. The molecule has 1 aliphatic carbocycles. The molecule has 1 heterocycles. The van der Waals surface area contributed by atoms with Gasteiger partial charge in [-0.05, 0) is 48.5 Å². The Kier molecular flexibility index (Phi) is 3.51. The predicted octanol–water partition coefficient (Wildman–Crippen LogP) is 1.54. The third-order valence-electron chi connectivity index (χ3n) is 3.58. The summed E-state index contributed by atoms with van der Waals surface area (Å²) in [5.41, 5.74) is 7.18. The quantitative estimate of drug-likeness (QED) is 0.856. The summed E-state index contributed by atoms with van der Waals surface area (Å²) in [7, 11) is 1.38. The van der Waals surface area contributed by atoms with E-state index in [1.807, 2.05) is 13.8 Å². The first kappa shape index (κ1) is 13.5. The van der Waals surface area contributed by atoms with Crippen LogP contribution in [0.4, 0.5) is 0 Å². The van der Waals surface area contributed by atoms with Gasteiger partial charge in [-0.15, -0.1) is 0 Å². The van der Waals surface area contributed by atoms with Crippen LogP contribution in [0.5, 0.6) is 0 Å². The number of hydrogen-bond acceptors (Lipinski definition) is 4. The van der Waals surface area contributed by atoms with Crippen molar-refractivity contribution >= 4 is 21.9 Å². The zero-order chi connectivity index (χ0) is 13.5. The Morgan fingerprint density at radius 3 is 2.61 bits per heavy atom. The lowest BCUT2D eigenvalue weighted by Gasteiger charge is -2.26. The fraction of sp³-hybridized carbons (Fsp3) is 0.667. The van der Waals surface area contributed by atoms with E-state index in [-0.39, 0.29) is 11.9 Å². The summed E-state index contributed by atoms with van der Waals surface area (Å²) in [5, 5.41) is 4.40. The SMILES string of the molecule is COC(=O)C(N)(Cn1nc(C)c(Br)c1C)C1CC1. The maximum Gasteiger partial charge on any atom is 0.328 e. The lowest BCUT2D eigenvalue weighted by Crippen LogP contribution is -2.54. The summed E-state index contributed by atoms with van der Waals surface area (Å²) in [6.45, 7) is 4.23. The molecule has 18 heavy (non-hydrogen) atoms. The zero-order valence-corrected chi connectivity index (χ0v) is 12.5. The van der Waals surface area contributed by atoms with Crippen LogP contribution >= 0.6 is 15.9 Å². The van der Waals surface area contributed by atoms with Gasteiger partial charge in [0.2, 0.25) is 0 Å². The molecule has 1 aromatic rings. The van der Waals surface area contributed by atoms with Crippen LogP contribution in [0.1, 0.15) is 24.2 Å². The second-order valence-corrected chi connectivity index (χ2v) is 5.74. The second-order valence-electron chi connectivity index (χ2n) is 4.95. The van der Waals surface area contributed by atoms with Gasteiger partial charge in [0.1, 0.15) is 5.54 Å². The monoisotopic (exact) mass is 315 g/mol. The smallest absolute Gasteiger partial charge is 0.328 e. The Labute approximate surface area is 115 Å². The number of hydrogen-bond donors (Lipinski definition) is 1. The Morgan fingerprint density at radius 1 is 1.61 bits per heavy atom. The standard InChI is InChI=1S/C12H18BrN3O2/c1-7-10(13)8(2)16(15-7)6-12(14,9-4-5-9)11(17)18-3/h9H,4-6,14H2,1-3H3. The first-order chi connectivity index (χ1) is 8.40. The topological polar surface area (TPSA) is 70.1 Å². The van der Waals surface area contributed by atoms with Gasteiger partial charge in [-0.2, -0.15) is 5.10 Å². The molecule has 2 rings (SSSR count). The van der Waals surface area contributed by atoms with Crippen LogP contribution < -0.4 is 5.73 Å². The Morgan fingerprint density at radius 2 is 2.22 bits per heavy atom. The molecule has 1 atom stereocenters. The number of aromatic nitrogens is 2. The Bertz CT molecular complexity index is 482. The molecule has 5 nitrogen and oxygen atoms in total. The number of esters is 1. The van der Waals surface area contributed by atoms with E-state index < -0.39 is 5.54 Å². The van der Waals surface area contributed by atoms with E-state index in [1.165, 1.54) is 7.11 Å². The van der Waals surface area contributed by atoms with E-state index in [9.17, 15) is 4.79 Å². The van der Waals surface area contributed by atoms with Gasteiger partial charge in [0.05, 0.1) is 23.8 Å². The maximum atomic E-state index is 11.9. The van der Waals surface area contributed by atoms with Gasteiger partial charge >= 0.3 is 5.97 Å².